The molecule has 0 spiro atoms. The maximum absolute atomic E-state index is 13.0. The summed E-state index contributed by atoms with van der Waals surface area (Å²) in [6.45, 7) is 1.37. The molecule has 112 valence electrons. The van der Waals surface area contributed by atoms with Gasteiger partial charge in [-0.15, -0.1) is 0 Å². The van der Waals surface area contributed by atoms with Crippen molar-refractivity contribution < 1.29 is 4.79 Å². The van der Waals surface area contributed by atoms with Crippen molar-refractivity contribution in [3.63, 3.8) is 0 Å². The molecule has 2 N–H and O–H groups in total. The Hall–Kier alpha value is -2.13. The molecule has 0 aromatic heterocycles. The average Bonchev–Trinajstić information content (AvgIpc) is 3.02. The van der Waals surface area contributed by atoms with Gasteiger partial charge in [0.05, 0.1) is 5.54 Å². The van der Waals surface area contributed by atoms with E-state index in [1.807, 2.05) is 24.3 Å². The van der Waals surface area contributed by atoms with Gasteiger partial charge in [0.1, 0.15) is 0 Å². The topological polar surface area (TPSA) is 46.3 Å². The molecule has 0 radical (unpaired) electrons. The first-order chi connectivity index (χ1) is 10.8. The first kappa shape index (κ1) is 13.5. The smallest absolute Gasteiger partial charge is 0.254 e. The summed E-state index contributed by atoms with van der Waals surface area (Å²) in [5, 5.41) is 0. The lowest BCUT2D eigenvalue weighted by Gasteiger charge is -2.49. The van der Waals surface area contributed by atoms with Crippen LogP contribution in [0.4, 0.5) is 0 Å². The molecule has 2 aliphatic rings. The number of carbonyl (C=O) groups excluding carboxylic acids is 1. The number of amides is 1. The quantitative estimate of drug-likeness (QED) is 0.925. The number of benzene rings is 2. The van der Waals surface area contributed by atoms with Crippen molar-refractivity contribution in [2.24, 2.45) is 5.73 Å². The molecule has 2 aromatic rings. The van der Waals surface area contributed by atoms with Gasteiger partial charge in [-0.05, 0) is 30.0 Å². The van der Waals surface area contributed by atoms with E-state index in [9.17, 15) is 4.79 Å². The highest BCUT2D eigenvalue weighted by Gasteiger charge is 2.54. The van der Waals surface area contributed by atoms with Gasteiger partial charge in [-0.1, -0.05) is 48.5 Å². The van der Waals surface area contributed by atoms with E-state index < -0.39 is 0 Å². The third kappa shape index (κ3) is 1.63. The van der Waals surface area contributed by atoms with Crippen LogP contribution in [0.3, 0.4) is 0 Å². The van der Waals surface area contributed by atoms with Crippen molar-refractivity contribution in [2.75, 3.05) is 13.1 Å². The third-order valence-corrected chi connectivity index (χ3v) is 5.32. The van der Waals surface area contributed by atoms with Gasteiger partial charge in [0.25, 0.3) is 5.91 Å². The largest absolute Gasteiger partial charge is 0.330 e. The molecule has 0 bridgehead atoms. The monoisotopic (exact) mass is 292 g/mol. The molecular formula is C19H20N2O. The van der Waals surface area contributed by atoms with Crippen LogP contribution < -0.4 is 5.73 Å². The van der Waals surface area contributed by atoms with Crippen LogP contribution in [-0.4, -0.2) is 23.9 Å². The summed E-state index contributed by atoms with van der Waals surface area (Å²) in [5.74, 6) is 0.313. The van der Waals surface area contributed by atoms with Gasteiger partial charge in [0, 0.05) is 24.6 Å². The Morgan fingerprint density at radius 1 is 1.09 bits per heavy atom. The highest BCUT2D eigenvalue weighted by Crippen LogP contribution is 2.52. The van der Waals surface area contributed by atoms with E-state index in [0.29, 0.717) is 6.54 Å². The molecule has 2 aliphatic heterocycles. The van der Waals surface area contributed by atoms with Crippen LogP contribution in [0.2, 0.25) is 0 Å². The highest BCUT2D eigenvalue weighted by molar-refractivity contribution is 5.98. The lowest BCUT2D eigenvalue weighted by Crippen LogP contribution is -2.54. The minimum Gasteiger partial charge on any atom is -0.330 e. The summed E-state index contributed by atoms with van der Waals surface area (Å²) in [4.78, 5) is 15.1. The molecule has 0 saturated carbocycles. The van der Waals surface area contributed by atoms with E-state index in [1.165, 1.54) is 5.56 Å². The second-order valence-corrected chi connectivity index (χ2v) is 6.23. The van der Waals surface area contributed by atoms with Crippen molar-refractivity contribution >= 4 is 5.91 Å². The molecule has 2 atom stereocenters. The van der Waals surface area contributed by atoms with Crippen LogP contribution >= 0.6 is 0 Å². The van der Waals surface area contributed by atoms with E-state index in [0.717, 1.165) is 30.5 Å². The first-order valence-corrected chi connectivity index (χ1v) is 7.95. The Morgan fingerprint density at radius 2 is 1.82 bits per heavy atom. The third-order valence-electron chi connectivity index (χ3n) is 5.32. The summed E-state index contributed by atoms with van der Waals surface area (Å²) in [6, 6.07) is 18.4. The van der Waals surface area contributed by atoms with Crippen LogP contribution in [0.15, 0.2) is 54.6 Å². The van der Waals surface area contributed by atoms with Gasteiger partial charge in [-0.25, -0.2) is 0 Å². The second-order valence-electron chi connectivity index (χ2n) is 6.23. The molecule has 2 heterocycles. The zero-order chi connectivity index (χ0) is 15.2. The number of nitrogens with zero attached hydrogens (tertiary/aromatic N) is 1. The van der Waals surface area contributed by atoms with Crippen LogP contribution in [-0.2, 0) is 5.54 Å². The molecule has 2 aromatic carbocycles. The Balaban J connectivity index is 1.98. The Labute approximate surface area is 130 Å². The van der Waals surface area contributed by atoms with Crippen LogP contribution in [0.25, 0.3) is 0 Å². The van der Waals surface area contributed by atoms with E-state index in [2.05, 4.69) is 35.2 Å². The van der Waals surface area contributed by atoms with Crippen LogP contribution in [0, 0.1) is 0 Å². The minimum atomic E-state index is -0.276. The van der Waals surface area contributed by atoms with Gasteiger partial charge >= 0.3 is 0 Å². The molecule has 1 fully saturated rings. The van der Waals surface area contributed by atoms with E-state index in [1.54, 1.807) is 0 Å². The summed E-state index contributed by atoms with van der Waals surface area (Å²) in [7, 11) is 0. The Morgan fingerprint density at radius 3 is 2.59 bits per heavy atom. The molecule has 4 rings (SSSR count). The highest BCUT2D eigenvalue weighted by atomic mass is 16.2. The SMILES string of the molecule is NC[C@@H]1c2ccccc2C(=O)N2CCC[C@]12c1ccccc1. The van der Waals surface area contributed by atoms with Gasteiger partial charge in [-0.2, -0.15) is 0 Å². The summed E-state index contributed by atoms with van der Waals surface area (Å²) < 4.78 is 0. The van der Waals surface area contributed by atoms with Gasteiger partial charge in [0.15, 0.2) is 0 Å². The zero-order valence-corrected chi connectivity index (χ0v) is 12.5. The zero-order valence-electron chi connectivity index (χ0n) is 12.5. The van der Waals surface area contributed by atoms with E-state index in [4.69, 9.17) is 5.73 Å². The fourth-order valence-electron chi connectivity index (χ4n) is 4.43. The molecule has 3 heteroatoms. The average molecular weight is 292 g/mol. The van der Waals surface area contributed by atoms with Crippen molar-refractivity contribution in [3.05, 3.63) is 71.3 Å². The molecular weight excluding hydrogens is 272 g/mol. The molecule has 0 unspecified atom stereocenters. The van der Waals surface area contributed by atoms with Gasteiger partial charge in [0.2, 0.25) is 0 Å². The van der Waals surface area contributed by atoms with Crippen molar-refractivity contribution in [1.82, 2.24) is 4.90 Å². The normalized spacial score (nSPS) is 26.7. The van der Waals surface area contributed by atoms with E-state index >= 15 is 0 Å². The van der Waals surface area contributed by atoms with Crippen molar-refractivity contribution in [2.45, 2.75) is 24.3 Å². The predicted molar refractivity (Wildman–Crippen MR) is 86.6 cm³/mol. The first-order valence-electron chi connectivity index (χ1n) is 7.95. The Bertz CT molecular complexity index is 712. The summed E-state index contributed by atoms with van der Waals surface area (Å²) in [6.07, 6.45) is 2.02. The fraction of sp³-hybridized carbons (Fsp3) is 0.316. The predicted octanol–water partition coefficient (Wildman–Crippen LogP) is 2.87. The van der Waals surface area contributed by atoms with Crippen LogP contribution in [0.5, 0.6) is 0 Å². The fourth-order valence-corrected chi connectivity index (χ4v) is 4.43. The van der Waals surface area contributed by atoms with Crippen LogP contribution in [0.1, 0.15) is 40.2 Å². The maximum Gasteiger partial charge on any atom is 0.254 e. The summed E-state index contributed by atoms with van der Waals surface area (Å²) in [5.41, 5.74) is 9.08. The van der Waals surface area contributed by atoms with Crippen molar-refractivity contribution in [1.29, 1.82) is 0 Å². The standard InChI is InChI=1S/C19H20N2O/c20-13-17-15-9-4-5-10-16(15)18(22)21-12-6-11-19(17,21)14-7-2-1-3-8-14/h1-5,7-10,17H,6,11-13,20H2/t17-,19+/m1/s1. The van der Waals surface area contributed by atoms with E-state index in [-0.39, 0.29) is 17.4 Å². The molecule has 3 nitrogen and oxygen atoms in total. The molecule has 1 saturated heterocycles. The maximum atomic E-state index is 13.0. The molecule has 0 aliphatic carbocycles. The van der Waals surface area contributed by atoms with Gasteiger partial charge in [-0.3, -0.25) is 4.79 Å². The lowest BCUT2D eigenvalue weighted by molar-refractivity contribution is 0.0469. The number of nitrogens with two attached hydrogens (primary N) is 1. The summed E-state index contributed by atoms with van der Waals surface area (Å²) >= 11 is 0. The number of rotatable bonds is 2. The lowest BCUT2D eigenvalue weighted by atomic mass is 9.69. The Kier molecular flexibility index (Phi) is 3.05. The number of hydrogen-bond acceptors (Lipinski definition) is 2. The molecule has 1 amide bonds. The van der Waals surface area contributed by atoms with Crippen molar-refractivity contribution in [3.8, 4) is 0 Å². The number of fused-ring (bicyclic) bond motifs is 2. The molecule has 22 heavy (non-hydrogen) atoms. The number of carbonyl (C=O) groups is 1. The van der Waals surface area contributed by atoms with Gasteiger partial charge < -0.3 is 10.6 Å². The number of hydrogen-bond donors (Lipinski definition) is 1. The second kappa shape index (κ2) is 4.96. The minimum absolute atomic E-state index is 0.154.